The van der Waals surface area contributed by atoms with E-state index in [1.165, 1.54) is 0 Å². The first kappa shape index (κ1) is 16.3. The third-order valence-electron chi connectivity index (χ3n) is 4.10. The summed E-state index contributed by atoms with van der Waals surface area (Å²) in [5, 5.41) is 0. The summed E-state index contributed by atoms with van der Waals surface area (Å²) in [5.74, 6) is -2.47. The van der Waals surface area contributed by atoms with Crippen LogP contribution < -0.4 is 0 Å². The van der Waals surface area contributed by atoms with Crippen molar-refractivity contribution in [3.8, 4) is 0 Å². The normalized spacial score (nSPS) is 19.9. The number of ether oxygens (including phenoxy) is 1. The van der Waals surface area contributed by atoms with Gasteiger partial charge in [0.1, 0.15) is 17.5 Å². The number of hydrogen-bond donors (Lipinski definition) is 0. The molecule has 0 unspecified atom stereocenters. The number of benzene rings is 1. The highest BCUT2D eigenvalue weighted by molar-refractivity contribution is 5.21. The van der Waals surface area contributed by atoms with Crippen LogP contribution in [0.2, 0.25) is 0 Å². The van der Waals surface area contributed by atoms with Gasteiger partial charge in [0.2, 0.25) is 0 Å². The van der Waals surface area contributed by atoms with Crippen LogP contribution in [0.15, 0.2) is 12.1 Å². The summed E-state index contributed by atoms with van der Waals surface area (Å²) in [6, 6.07) is 1.82. The van der Waals surface area contributed by atoms with Gasteiger partial charge in [-0.25, -0.2) is 13.2 Å². The Morgan fingerprint density at radius 3 is 2.57 bits per heavy atom. The first-order valence-electron chi connectivity index (χ1n) is 7.48. The minimum Gasteiger partial charge on any atom is -0.385 e. The molecule has 1 aliphatic rings. The van der Waals surface area contributed by atoms with Crippen molar-refractivity contribution < 1.29 is 17.9 Å². The first-order chi connectivity index (χ1) is 10.1. The fourth-order valence-electron chi connectivity index (χ4n) is 2.98. The molecule has 2 rings (SSSR count). The fourth-order valence-corrected chi connectivity index (χ4v) is 2.98. The first-order valence-corrected chi connectivity index (χ1v) is 7.48. The lowest BCUT2D eigenvalue weighted by atomic mass is 9.97. The van der Waals surface area contributed by atoms with E-state index in [-0.39, 0.29) is 12.1 Å². The zero-order chi connectivity index (χ0) is 15.2. The molecular weight excluding hydrogens is 279 g/mol. The third-order valence-corrected chi connectivity index (χ3v) is 4.10. The van der Waals surface area contributed by atoms with Gasteiger partial charge in [-0.15, -0.1) is 0 Å². The molecular formula is C16H22F3NO. The highest BCUT2D eigenvalue weighted by atomic mass is 19.1. The van der Waals surface area contributed by atoms with E-state index in [1.807, 2.05) is 0 Å². The summed E-state index contributed by atoms with van der Waals surface area (Å²) in [6.07, 6.45) is 5.10. The van der Waals surface area contributed by atoms with Crippen molar-refractivity contribution >= 4 is 0 Å². The van der Waals surface area contributed by atoms with E-state index in [2.05, 4.69) is 4.90 Å². The molecule has 0 spiro atoms. The minimum atomic E-state index is -0.871. The van der Waals surface area contributed by atoms with Crippen LogP contribution in [-0.2, 0) is 11.3 Å². The summed E-state index contributed by atoms with van der Waals surface area (Å²) in [6.45, 7) is 1.73. The monoisotopic (exact) mass is 301 g/mol. The fraction of sp³-hybridized carbons (Fsp3) is 0.625. The van der Waals surface area contributed by atoms with E-state index < -0.39 is 17.5 Å². The van der Waals surface area contributed by atoms with Gasteiger partial charge < -0.3 is 4.74 Å². The Hall–Kier alpha value is -1.07. The Labute approximate surface area is 123 Å². The summed E-state index contributed by atoms with van der Waals surface area (Å²) in [7, 11) is 1.67. The van der Waals surface area contributed by atoms with Gasteiger partial charge in [0, 0.05) is 44.0 Å². The molecule has 0 aliphatic carbocycles. The highest BCUT2D eigenvalue weighted by Crippen LogP contribution is 2.25. The molecule has 0 saturated carbocycles. The number of likely N-dealkylation sites (tertiary alicyclic amines) is 1. The van der Waals surface area contributed by atoms with Crippen LogP contribution >= 0.6 is 0 Å². The van der Waals surface area contributed by atoms with E-state index in [9.17, 15) is 13.2 Å². The van der Waals surface area contributed by atoms with E-state index in [4.69, 9.17) is 4.74 Å². The Morgan fingerprint density at radius 1 is 1.19 bits per heavy atom. The summed E-state index contributed by atoms with van der Waals surface area (Å²) in [4.78, 5) is 2.11. The largest absolute Gasteiger partial charge is 0.385 e. The number of piperidine rings is 1. The van der Waals surface area contributed by atoms with Gasteiger partial charge in [-0.3, -0.25) is 4.90 Å². The summed E-state index contributed by atoms with van der Waals surface area (Å²) >= 11 is 0. The maximum absolute atomic E-state index is 13.8. The lowest BCUT2D eigenvalue weighted by molar-refractivity contribution is 0.114. The average molecular weight is 301 g/mol. The van der Waals surface area contributed by atoms with Crippen LogP contribution in [-0.4, -0.2) is 31.2 Å². The van der Waals surface area contributed by atoms with Crippen molar-refractivity contribution in [3.05, 3.63) is 35.1 Å². The van der Waals surface area contributed by atoms with Crippen molar-refractivity contribution in [1.29, 1.82) is 0 Å². The zero-order valence-corrected chi connectivity index (χ0v) is 12.4. The highest BCUT2D eigenvalue weighted by Gasteiger charge is 2.24. The van der Waals surface area contributed by atoms with Gasteiger partial charge in [0.05, 0.1) is 0 Å². The van der Waals surface area contributed by atoms with Gasteiger partial charge in [0.25, 0.3) is 0 Å². The molecule has 2 nitrogen and oxygen atoms in total. The maximum atomic E-state index is 13.8. The number of halogens is 3. The molecule has 5 heteroatoms. The predicted octanol–water partition coefficient (Wildman–Crippen LogP) is 3.89. The second kappa shape index (κ2) is 7.80. The van der Waals surface area contributed by atoms with Crippen LogP contribution in [0, 0.1) is 17.5 Å². The molecule has 21 heavy (non-hydrogen) atoms. The molecule has 1 fully saturated rings. The molecule has 118 valence electrons. The van der Waals surface area contributed by atoms with Crippen molar-refractivity contribution in [2.75, 3.05) is 20.3 Å². The van der Waals surface area contributed by atoms with Crippen molar-refractivity contribution in [2.45, 2.75) is 44.7 Å². The van der Waals surface area contributed by atoms with Crippen LogP contribution in [0.3, 0.4) is 0 Å². The number of rotatable bonds is 6. The number of nitrogens with zero attached hydrogens (tertiary/aromatic N) is 1. The molecule has 1 heterocycles. The lowest BCUT2D eigenvalue weighted by Gasteiger charge is -2.36. The molecule has 1 aromatic carbocycles. The molecule has 0 radical (unpaired) electrons. The van der Waals surface area contributed by atoms with Crippen LogP contribution in [0.5, 0.6) is 0 Å². The van der Waals surface area contributed by atoms with Crippen LogP contribution in [0.1, 0.15) is 37.7 Å². The Kier molecular flexibility index (Phi) is 6.06. The molecule has 1 saturated heterocycles. The number of hydrogen-bond acceptors (Lipinski definition) is 2. The second-order valence-corrected chi connectivity index (χ2v) is 5.60. The maximum Gasteiger partial charge on any atom is 0.133 e. The van der Waals surface area contributed by atoms with E-state index >= 15 is 0 Å². The summed E-state index contributed by atoms with van der Waals surface area (Å²) < 4.78 is 45.6. The van der Waals surface area contributed by atoms with E-state index in [0.29, 0.717) is 12.6 Å². The minimum absolute atomic E-state index is 0.0324. The zero-order valence-electron chi connectivity index (χ0n) is 12.4. The number of methoxy groups -OCH3 is 1. The van der Waals surface area contributed by atoms with Gasteiger partial charge in [-0.05, 0) is 32.2 Å². The van der Waals surface area contributed by atoms with E-state index in [0.717, 1.165) is 50.8 Å². The van der Waals surface area contributed by atoms with Gasteiger partial charge in [0.15, 0.2) is 0 Å². The molecule has 0 N–H and O–H groups in total. The topological polar surface area (TPSA) is 12.5 Å². The second-order valence-electron chi connectivity index (χ2n) is 5.60. The van der Waals surface area contributed by atoms with Gasteiger partial charge in [-0.2, -0.15) is 0 Å². The molecule has 0 bridgehead atoms. The average Bonchev–Trinajstić information content (AvgIpc) is 2.44. The quantitative estimate of drug-likeness (QED) is 0.739. The Morgan fingerprint density at radius 2 is 1.90 bits per heavy atom. The standard InChI is InChI=1S/C16H22F3NO/c1-21-8-4-6-13-5-2-3-7-20(13)11-14-15(18)9-12(17)10-16(14)19/h9-10,13H,2-8,11H2,1H3/t13-/m1/s1. The SMILES string of the molecule is COCCC[C@H]1CCCCN1Cc1c(F)cc(F)cc1F. The molecule has 1 aromatic rings. The summed E-state index contributed by atoms with van der Waals surface area (Å²) in [5.41, 5.74) is -0.0324. The Bertz CT molecular complexity index is 444. The predicted molar refractivity (Wildman–Crippen MR) is 75.5 cm³/mol. The lowest BCUT2D eigenvalue weighted by Crippen LogP contribution is -2.39. The van der Waals surface area contributed by atoms with Crippen LogP contribution in [0.25, 0.3) is 0 Å². The third kappa shape index (κ3) is 4.45. The molecule has 1 atom stereocenters. The molecule has 1 aliphatic heterocycles. The Balaban J connectivity index is 2.05. The molecule has 0 aromatic heterocycles. The van der Waals surface area contributed by atoms with Gasteiger partial charge in [-0.1, -0.05) is 6.42 Å². The van der Waals surface area contributed by atoms with Crippen molar-refractivity contribution in [3.63, 3.8) is 0 Å². The van der Waals surface area contributed by atoms with Crippen LogP contribution in [0.4, 0.5) is 13.2 Å². The van der Waals surface area contributed by atoms with E-state index in [1.54, 1.807) is 7.11 Å². The smallest absolute Gasteiger partial charge is 0.133 e. The van der Waals surface area contributed by atoms with Crippen molar-refractivity contribution in [2.24, 2.45) is 0 Å². The molecule has 0 amide bonds. The van der Waals surface area contributed by atoms with Gasteiger partial charge >= 0.3 is 0 Å². The van der Waals surface area contributed by atoms with Crippen molar-refractivity contribution in [1.82, 2.24) is 4.90 Å².